The summed E-state index contributed by atoms with van der Waals surface area (Å²) in [6.07, 6.45) is 7.21. The number of aromatic nitrogens is 4. The van der Waals surface area contributed by atoms with Gasteiger partial charge in [-0.2, -0.15) is 0 Å². The summed E-state index contributed by atoms with van der Waals surface area (Å²) in [5.41, 5.74) is 0.918. The van der Waals surface area contributed by atoms with Crippen LogP contribution < -0.4 is 0 Å². The Balaban J connectivity index is 0.000000878. The Hall–Kier alpha value is -2.24. The van der Waals surface area contributed by atoms with E-state index in [2.05, 4.69) is 28.4 Å². The van der Waals surface area contributed by atoms with Gasteiger partial charge in [0, 0.05) is 38.4 Å². The van der Waals surface area contributed by atoms with Crippen LogP contribution in [-0.4, -0.2) is 76.5 Å². The summed E-state index contributed by atoms with van der Waals surface area (Å²) in [6, 6.07) is 0.190. The smallest absolute Gasteiger partial charge is 0.290 e. The summed E-state index contributed by atoms with van der Waals surface area (Å²) >= 11 is 0. The molecule has 1 aliphatic rings. The monoisotopic (exact) mass is 413 g/mol. The second-order valence-corrected chi connectivity index (χ2v) is 9.20. The van der Waals surface area contributed by atoms with Crippen molar-refractivity contribution in [3.05, 3.63) is 24.9 Å². The second-order valence-electron chi connectivity index (χ2n) is 6.97. The average Bonchev–Trinajstić information content (AvgIpc) is 3.34. The molecule has 1 aliphatic heterocycles. The van der Waals surface area contributed by atoms with E-state index in [1.54, 1.807) is 32.8 Å². The van der Waals surface area contributed by atoms with E-state index in [1.807, 2.05) is 10.8 Å². The first kappa shape index (κ1) is 22.1. The molecule has 3 heterocycles. The SMILES string of the molecule is CC(C)n1cncc1-c1nccn1[C@@H]1COC[C@H]1CS(=O)(=O)N(C)C.O=CO. The van der Waals surface area contributed by atoms with Crippen molar-refractivity contribution < 1.29 is 23.1 Å². The van der Waals surface area contributed by atoms with Crippen LogP contribution in [0.15, 0.2) is 24.9 Å². The maximum atomic E-state index is 12.3. The molecule has 0 amide bonds. The van der Waals surface area contributed by atoms with Crippen molar-refractivity contribution in [1.29, 1.82) is 0 Å². The maximum Gasteiger partial charge on any atom is 0.290 e. The van der Waals surface area contributed by atoms with E-state index in [0.717, 1.165) is 11.5 Å². The van der Waals surface area contributed by atoms with Crippen LogP contribution >= 0.6 is 0 Å². The molecule has 2 aromatic rings. The molecule has 0 aromatic carbocycles. The van der Waals surface area contributed by atoms with Crippen molar-refractivity contribution in [3.63, 3.8) is 0 Å². The largest absolute Gasteiger partial charge is 0.483 e. The quantitative estimate of drug-likeness (QED) is 0.704. The highest BCUT2D eigenvalue weighted by Crippen LogP contribution is 2.32. The number of hydrogen-bond acceptors (Lipinski definition) is 6. The van der Waals surface area contributed by atoms with E-state index in [0.29, 0.717) is 13.2 Å². The number of hydrogen-bond donors (Lipinski definition) is 1. The molecule has 2 aromatic heterocycles. The van der Waals surface area contributed by atoms with Gasteiger partial charge in [0.05, 0.1) is 37.5 Å². The van der Waals surface area contributed by atoms with E-state index >= 15 is 0 Å². The van der Waals surface area contributed by atoms with Crippen LogP contribution in [0.5, 0.6) is 0 Å². The Labute approximate surface area is 164 Å². The molecule has 0 aliphatic carbocycles. The van der Waals surface area contributed by atoms with Gasteiger partial charge in [-0.25, -0.2) is 22.7 Å². The Bertz CT molecular complexity index is 874. The highest BCUT2D eigenvalue weighted by molar-refractivity contribution is 7.89. The zero-order valence-corrected chi connectivity index (χ0v) is 17.3. The molecule has 10 nitrogen and oxygen atoms in total. The first-order valence-electron chi connectivity index (χ1n) is 8.83. The Kier molecular flexibility index (Phi) is 7.33. The Morgan fingerprint density at radius 2 is 2.07 bits per heavy atom. The van der Waals surface area contributed by atoms with Crippen LogP contribution in [0.25, 0.3) is 11.5 Å². The zero-order valence-electron chi connectivity index (χ0n) is 16.5. The standard InChI is InChI=1S/C16H25N5O3S.CH2O2/c1-12(2)21-11-17-7-14(21)16-18-5-6-20(16)15-9-24-8-13(15)10-25(22,23)19(3)4;2-1-3/h5-7,11-13,15H,8-10H2,1-4H3;1H,(H,2,3)/t13-,15+;/m0./s1. The fraction of sp³-hybridized carbons (Fsp3) is 0.588. The van der Waals surface area contributed by atoms with E-state index in [-0.39, 0.29) is 30.2 Å². The number of carbonyl (C=O) groups is 1. The van der Waals surface area contributed by atoms with Crippen LogP contribution in [0.1, 0.15) is 25.9 Å². The van der Waals surface area contributed by atoms with E-state index in [9.17, 15) is 8.42 Å². The molecule has 156 valence electrons. The van der Waals surface area contributed by atoms with E-state index in [4.69, 9.17) is 14.6 Å². The predicted octanol–water partition coefficient (Wildman–Crippen LogP) is 1.11. The van der Waals surface area contributed by atoms with Gasteiger partial charge in [0.1, 0.15) is 5.69 Å². The highest BCUT2D eigenvalue weighted by Gasteiger charge is 2.35. The van der Waals surface area contributed by atoms with Crippen molar-refractivity contribution in [2.75, 3.05) is 33.1 Å². The van der Waals surface area contributed by atoms with Crippen LogP contribution in [-0.2, 0) is 19.6 Å². The van der Waals surface area contributed by atoms with Gasteiger partial charge < -0.3 is 19.0 Å². The molecular weight excluding hydrogens is 386 g/mol. The highest BCUT2D eigenvalue weighted by atomic mass is 32.2. The molecule has 1 fully saturated rings. The number of imidazole rings is 2. The zero-order chi connectivity index (χ0) is 20.9. The third kappa shape index (κ3) is 4.78. The lowest BCUT2D eigenvalue weighted by atomic mass is 10.1. The summed E-state index contributed by atoms with van der Waals surface area (Å²) in [5.74, 6) is 0.732. The van der Waals surface area contributed by atoms with Gasteiger partial charge in [0.25, 0.3) is 6.47 Å². The minimum Gasteiger partial charge on any atom is -0.483 e. The summed E-state index contributed by atoms with van der Waals surface area (Å²) < 4.78 is 35.5. The fourth-order valence-corrected chi connectivity index (χ4v) is 4.30. The van der Waals surface area contributed by atoms with Gasteiger partial charge in [-0.05, 0) is 13.8 Å². The predicted molar refractivity (Wildman–Crippen MR) is 103 cm³/mol. The molecule has 0 bridgehead atoms. The minimum absolute atomic E-state index is 0.0612. The fourth-order valence-electron chi connectivity index (χ4n) is 3.14. The van der Waals surface area contributed by atoms with E-state index in [1.165, 1.54) is 4.31 Å². The second kappa shape index (κ2) is 9.30. The van der Waals surface area contributed by atoms with Crippen LogP contribution in [0.2, 0.25) is 0 Å². The lowest BCUT2D eigenvalue weighted by Crippen LogP contribution is -2.32. The van der Waals surface area contributed by atoms with Crippen molar-refractivity contribution in [2.45, 2.75) is 25.9 Å². The average molecular weight is 414 g/mol. The molecule has 28 heavy (non-hydrogen) atoms. The van der Waals surface area contributed by atoms with Crippen molar-refractivity contribution in [2.24, 2.45) is 5.92 Å². The molecule has 0 saturated carbocycles. The van der Waals surface area contributed by atoms with Crippen LogP contribution in [0.3, 0.4) is 0 Å². The van der Waals surface area contributed by atoms with Gasteiger partial charge in [0.2, 0.25) is 10.0 Å². The first-order valence-corrected chi connectivity index (χ1v) is 10.4. The van der Waals surface area contributed by atoms with Gasteiger partial charge in [-0.15, -0.1) is 0 Å². The topological polar surface area (TPSA) is 120 Å². The van der Waals surface area contributed by atoms with Crippen molar-refractivity contribution >= 4 is 16.5 Å². The molecule has 1 saturated heterocycles. The van der Waals surface area contributed by atoms with Gasteiger partial charge in [-0.1, -0.05) is 0 Å². The summed E-state index contributed by atoms with van der Waals surface area (Å²) in [6.45, 7) is 4.83. The van der Waals surface area contributed by atoms with Crippen LogP contribution in [0.4, 0.5) is 0 Å². The Morgan fingerprint density at radius 3 is 2.68 bits per heavy atom. The molecule has 0 spiro atoms. The third-order valence-corrected chi connectivity index (χ3v) is 6.59. The summed E-state index contributed by atoms with van der Waals surface area (Å²) in [5, 5.41) is 6.89. The summed E-state index contributed by atoms with van der Waals surface area (Å²) in [4.78, 5) is 17.1. The number of carboxylic acid groups (broad SMARTS) is 1. The minimum atomic E-state index is -3.29. The molecule has 0 unspecified atom stereocenters. The lowest BCUT2D eigenvalue weighted by Gasteiger charge is -2.23. The number of nitrogens with zero attached hydrogens (tertiary/aromatic N) is 5. The van der Waals surface area contributed by atoms with Crippen LogP contribution in [0, 0.1) is 5.92 Å². The third-order valence-electron chi connectivity index (χ3n) is 4.62. The number of sulfonamides is 1. The van der Waals surface area contributed by atoms with Crippen molar-refractivity contribution in [1.82, 2.24) is 23.4 Å². The molecule has 1 N–H and O–H groups in total. The first-order chi connectivity index (χ1) is 13.2. The molecule has 2 atom stereocenters. The van der Waals surface area contributed by atoms with Gasteiger partial charge >= 0.3 is 0 Å². The number of rotatable bonds is 6. The molecule has 0 radical (unpaired) electrons. The Morgan fingerprint density at radius 1 is 1.39 bits per heavy atom. The normalized spacial score (nSPS) is 19.6. The molecule has 3 rings (SSSR count). The number of ether oxygens (including phenoxy) is 1. The summed E-state index contributed by atoms with van der Waals surface area (Å²) in [7, 11) is -0.173. The van der Waals surface area contributed by atoms with Crippen molar-refractivity contribution in [3.8, 4) is 11.5 Å². The van der Waals surface area contributed by atoms with Gasteiger partial charge in [0.15, 0.2) is 5.82 Å². The lowest BCUT2D eigenvalue weighted by molar-refractivity contribution is -0.122. The van der Waals surface area contributed by atoms with E-state index < -0.39 is 10.0 Å². The maximum absolute atomic E-state index is 12.3. The molecule has 11 heteroatoms. The molecular formula is C17H27N5O5S. The van der Waals surface area contributed by atoms with Gasteiger partial charge in [-0.3, -0.25) is 4.79 Å².